The average Bonchev–Trinajstić information content (AvgIpc) is 2.31. The molecule has 0 radical (unpaired) electrons. The number of hydrogen-bond donors (Lipinski definition) is 0. The van der Waals surface area contributed by atoms with Gasteiger partial charge in [-0.3, -0.25) is 0 Å². The number of rotatable bonds is 3. The van der Waals surface area contributed by atoms with Crippen LogP contribution in [0.2, 0.25) is 0 Å². The highest BCUT2D eigenvalue weighted by Gasteiger charge is 2.00. The van der Waals surface area contributed by atoms with Crippen molar-refractivity contribution in [3.8, 4) is 11.5 Å². The van der Waals surface area contributed by atoms with Crippen molar-refractivity contribution in [2.24, 2.45) is 0 Å². The van der Waals surface area contributed by atoms with Gasteiger partial charge in [0.1, 0.15) is 11.5 Å². The molecule has 2 aromatic carbocycles. The summed E-state index contributed by atoms with van der Waals surface area (Å²) in [5, 5.41) is 0. The Labute approximate surface area is 104 Å². The second-order valence-electron chi connectivity index (χ2n) is 3.14. The molecule has 0 saturated heterocycles. The van der Waals surface area contributed by atoms with Gasteiger partial charge < -0.3 is 4.74 Å². The van der Waals surface area contributed by atoms with Crippen LogP contribution in [-0.4, -0.2) is 0 Å². The van der Waals surface area contributed by atoms with E-state index in [-0.39, 0.29) is 0 Å². The molecule has 2 nitrogen and oxygen atoms in total. The maximum absolute atomic E-state index is 5.61. The molecule has 0 unspecified atom stereocenters. The number of hydrogen-bond acceptors (Lipinski definition) is 2. The highest BCUT2D eigenvalue weighted by molar-refractivity contribution is 6.49. The summed E-state index contributed by atoms with van der Waals surface area (Å²) in [4.78, 5) is 0. The van der Waals surface area contributed by atoms with Crippen LogP contribution >= 0.6 is 23.6 Å². The highest BCUT2D eigenvalue weighted by atomic mass is 35.5. The Morgan fingerprint density at radius 1 is 0.750 bits per heavy atom. The van der Waals surface area contributed by atoms with Crippen molar-refractivity contribution < 1.29 is 4.74 Å². The van der Waals surface area contributed by atoms with Crippen LogP contribution in [0, 0.1) is 0 Å². The van der Waals surface area contributed by atoms with Crippen molar-refractivity contribution in [2.75, 3.05) is 3.94 Å². The molecule has 0 aliphatic rings. The van der Waals surface area contributed by atoms with E-state index in [1.165, 1.54) is 0 Å². The van der Waals surface area contributed by atoms with Crippen LogP contribution in [-0.2, 0) is 0 Å². The minimum absolute atomic E-state index is 0.698. The van der Waals surface area contributed by atoms with Crippen LogP contribution in [0.4, 0.5) is 5.69 Å². The molecule has 0 amide bonds. The zero-order chi connectivity index (χ0) is 11.4. The van der Waals surface area contributed by atoms with E-state index in [0.717, 1.165) is 15.4 Å². The zero-order valence-electron chi connectivity index (χ0n) is 8.31. The van der Waals surface area contributed by atoms with Gasteiger partial charge in [0.25, 0.3) is 0 Å². The summed E-state index contributed by atoms with van der Waals surface area (Å²) in [6, 6.07) is 16.7. The zero-order valence-corrected chi connectivity index (χ0v) is 9.82. The monoisotopic (exact) mass is 253 g/mol. The van der Waals surface area contributed by atoms with Gasteiger partial charge in [-0.25, -0.2) is 0 Å². The summed E-state index contributed by atoms with van der Waals surface area (Å²) in [6.07, 6.45) is 0. The Morgan fingerprint density at radius 3 is 1.88 bits per heavy atom. The second-order valence-corrected chi connectivity index (χ2v) is 3.99. The van der Waals surface area contributed by atoms with Crippen molar-refractivity contribution in [3.05, 3.63) is 54.6 Å². The third-order valence-corrected chi connectivity index (χ3v) is 2.40. The maximum atomic E-state index is 5.61. The molecule has 4 heteroatoms. The first-order chi connectivity index (χ1) is 7.75. The first-order valence-electron chi connectivity index (χ1n) is 4.70. The van der Waals surface area contributed by atoms with Gasteiger partial charge in [-0.05, 0) is 36.4 Å². The highest BCUT2D eigenvalue weighted by Crippen LogP contribution is 2.25. The molecule has 82 valence electrons. The molecule has 0 atom stereocenters. The molecule has 0 N–H and O–H groups in total. The third-order valence-electron chi connectivity index (χ3n) is 2.01. The molecule has 2 rings (SSSR count). The Bertz CT molecular complexity index is 442. The summed E-state index contributed by atoms with van der Waals surface area (Å²) in [5.41, 5.74) is 0.698. The van der Waals surface area contributed by atoms with E-state index in [9.17, 15) is 0 Å². The van der Waals surface area contributed by atoms with Crippen LogP contribution in [0.15, 0.2) is 54.6 Å². The number of nitrogens with zero attached hydrogens (tertiary/aromatic N) is 1. The topological polar surface area (TPSA) is 12.5 Å². The molecule has 0 saturated carbocycles. The van der Waals surface area contributed by atoms with Gasteiger partial charge in [-0.2, -0.15) is 3.94 Å². The van der Waals surface area contributed by atoms with Crippen molar-refractivity contribution in [3.63, 3.8) is 0 Å². The van der Waals surface area contributed by atoms with E-state index in [1.807, 2.05) is 30.3 Å². The molecule has 0 fully saturated rings. The summed E-state index contributed by atoms with van der Waals surface area (Å²) in [6.45, 7) is 0. The Kier molecular flexibility index (Phi) is 3.54. The minimum Gasteiger partial charge on any atom is -0.457 e. The lowest BCUT2D eigenvalue weighted by Crippen LogP contribution is -1.91. The van der Waals surface area contributed by atoms with E-state index in [0.29, 0.717) is 5.69 Å². The van der Waals surface area contributed by atoms with Crippen LogP contribution in [0.25, 0.3) is 0 Å². The van der Waals surface area contributed by atoms with Crippen molar-refractivity contribution in [1.29, 1.82) is 0 Å². The fourth-order valence-electron chi connectivity index (χ4n) is 1.25. The van der Waals surface area contributed by atoms with Gasteiger partial charge in [0.05, 0.1) is 5.69 Å². The van der Waals surface area contributed by atoms with E-state index in [2.05, 4.69) is 0 Å². The largest absolute Gasteiger partial charge is 0.457 e. The van der Waals surface area contributed by atoms with Gasteiger partial charge in [0.15, 0.2) is 0 Å². The molecule has 2 aromatic rings. The number of ether oxygens (including phenoxy) is 1. The molecule has 0 bridgehead atoms. The molecule has 0 aliphatic heterocycles. The SMILES string of the molecule is ClN(Cl)c1ccc(Oc2ccccc2)cc1. The third kappa shape index (κ3) is 2.81. The maximum Gasteiger partial charge on any atom is 0.127 e. The molecule has 0 aromatic heterocycles. The van der Waals surface area contributed by atoms with Gasteiger partial charge in [0, 0.05) is 23.6 Å². The predicted octanol–water partition coefficient (Wildman–Crippen LogP) is 4.59. The first kappa shape index (κ1) is 11.1. The fourth-order valence-corrected chi connectivity index (χ4v) is 1.48. The standard InChI is InChI=1S/C12H9Cl2NO/c13-15(14)10-6-8-12(9-7-10)16-11-4-2-1-3-5-11/h1-9H. The lowest BCUT2D eigenvalue weighted by Gasteiger charge is -2.08. The van der Waals surface area contributed by atoms with Crippen LogP contribution in [0.1, 0.15) is 0 Å². The van der Waals surface area contributed by atoms with Gasteiger partial charge in [0.2, 0.25) is 0 Å². The van der Waals surface area contributed by atoms with E-state index >= 15 is 0 Å². The van der Waals surface area contributed by atoms with E-state index in [1.54, 1.807) is 24.3 Å². The number of anilines is 1. The van der Waals surface area contributed by atoms with Crippen LogP contribution in [0.3, 0.4) is 0 Å². The molecule has 0 aliphatic carbocycles. The molecule has 0 heterocycles. The number of benzene rings is 2. The lowest BCUT2D eigenvalue weighted by molar-refractivity contribution is 0.483. The fraction of sp³-hybridized carbons (Fsp3) is 0. The Morgan fingerprint density at radius 2 is 1.31 bits per heavy atom. The van der Waals surface area contributed by atoms with E-state index < -0.39 is 0 Å². The van der Waals surface area contributed by atoms with Crippen LogP contribution < -0.4 is 8.67 Å². The molecular formula is C12H9Cl2NO. The second kappa shape index (κ2) is 5.10. The van der Waals surface area contributed by atoms with Crippen molar-refractivity contribution in [2.45, 2.75) is 0 Å². The molecule has 16 heavy (non-hydrogen) atoms. The number of halogens is 2. The quantitative estimate of drug-likeness (QED) is 0.742. The normalized spacial score (nSPS) is 9.88. The lowest BCUT2D eigenvalue weighted by atomic mass is 10.3. The first-order valence-corrected chi connectivity index (χ1v) is 5.38. The summed E-state index contributed by atoms with van der Waals surface area (Å²) in [5.74, 6) is 1.54. The van der Waals surface area contributed by atoms with Crippen molar-refractivity contribution >= 4 is 29.2 Å². The van der Waals surface area contributed by atoms with Crippen LogP contribution in [0.5, 0.6) is 11.5 Å². The number of para-hydroxylation sites is 1. The molecular weight excluding hydrogens is 245 g/mol. The molecule has 0 spiro atoms. The summed E-state index contributed by atoms with van der Waals surface area (Å²) < 4.78 is 6.61. The average molecular weight is 254 g/mol. The Balaban J connectivity index is 2.11. The van der Waals surface area contributed by atoms with Gasteiger partial charge in [-0.15, -0.1) is 0 Å². The Hall–Kier alpha value is -1.38. The summed E-state index contributed by atoms with van der Waals surface area (Å²) in [7, 11) is 0. The summed E-state index contributed by atoms with van der Waals surface area (Å²) >= 11 is 11.1. The smallest absolute Gasteiger partial charge is 0.127 e. The minimum atomic E-state index is 0.698. The predicted molar refractivity (Wildman–Crippen MR) is 67.1 cm³/mol. The van der Waals surface area contributed by atoms with Crippen molar-refractivity contribution in [1.82, 2.24) is 0 Å². The van der Waals surface area contributed by atoms with Gasteiger partial charge in [-0.1, -0.05) is 18.2 Å². The van der Waals surface area contributed by atoms with Gasteiger partial charge >= 0.3 is 0 Å². The van der Waals surface area contributed by atoms with E-state index in [4.69, 9.17) is 28.3 Å².